The van der Waals surface area contributed by atoms with Gasteiger partial charge in [-0.1, -0.05) is 6.42 Å². The number of aromatic hydroxyl groups is 1. The first kappa shape index (κ1) is 20.4. The second-order valence-corrected chi connectivity index (χ2v) is 6.49. The Labute approximate surface area is 157 Å². The summed E-state index contributed by atoms with van der Waals surface area (Å²) in [5.41, 5.74) is 1.35. The van der Waals surface area contributed by atoms with Gasteiger partial charge in [-0.15, -0.1) is 0 Å². The van der Waals surface area contributed by atoms with Crippen LogP contribution in [-0.4, -0.2) is 47.2 Å². The average Bonchev–Trinajstić information content (AvgIpc) is 2.83. The topological polar surface area (TPSA) is 101 Å². The fraction of sp³-hybridized carbons (Fsp3) is 0.400. The number of esters is 1. The molecule has 0 aliphatic carbocycles. The van der Waals surface area contributed by atoms with Crippen molar-refractivity contribution in [2.24, 2.45) is 0 Å². The monoisotopic (exact) mass is 373 g/mol. The lowest BCUT2D eigenvalue weighted by atomic mass is 10.1. The van der Waals surface area contributed by atoms with E-state index >= 15 is 0 Å². The zero-order valence-corrected chi connectivity index (χ0v) is 15.5. The molecule has 144 valence electrons. The zero-order chi connectivity index (χ0) is 20.0. The predicted octanol–water partition coefficient (Wildman–Crippen LogP) is 2.63. The van der Waals surface area contributed by atoms with E-state index < -0.39 is 5.97 Å². The van der Waals surface area contributed by atoms with Crippen LogP contribution in [-0.2, 0) is 14.3 Å². The Balaban J connectivity index is 1.65. The molecule has 0 radical (unpaired) electrons. The molecule has 0 aromatic heterocycles. The first-order valence-electron chi connectivity index (χ1n) is 8.85. The van der Waals surface area contributed by atoms with E-state index in [2.05, 4.69) is 0 Å². The summed E-state index contributed by atoms with van der Waals surface area (Å²) in [4.78, 5) is 47.8. The number of ether oxygens (including phenoxy) is 1. The number of carbonyl (C=O) groups excluding carboxylic acids is 4. The van der Waals surface area contributed by atoms with Crippen LogP contribution in [0.4, 0.5) is 0 Å². The minimum Gasteiger partial charge on any atom is -0.508 e. The van der Waals surface area contributed by atoms with Crippen LogP contribution in [0.1, 0.15) is 60.2 Å². The molecule has 7 heteroatoms. The third-order valence-corrected chi connectivity index (χ3v) is 4.52. The van der Waals surface area contributed by atoms with Crippen LogP contribution in [0.15, 0.2) is 29.3 Å². The van der Waals surface area contributed by atoms with Crippen molar-refractivity contribution in [3.8, 4) is 5.75 Å². The molecule has 27 heavy (non-hydrogen) atoms. The summed E-state index contributed by atoms with van der Waals surface area (Å²) >= 11 is 0. The molecule has 1 aromatic rings. The predicted molar refractivity (Wildman–Crippen MR) is 97.3 cm³/mol. The van der Waals surface area contributed by atoms with Crippen molar-refractivity contribution >= 4 is 24.1 Å². The summed E-state index contributed by atoms with van der Waals surface area (Å²) < 4.78 is 5.13. The highest BCUT2D eigenvalue weighted by molar-refractivity contribution is 6.18. The van der Waals surface area contributed by atoms with Crippen molar-refractivity contribution in [2.45, 2.75) is 39.5 Å². The van der Waals surface area contributed by atoms with Gasteiger partial charge < -0.3 is 9.84 Å². The van der Waals surface area contributed by atoms with E-state index in [0.717, 1.165) is 12.8 Å². The molecular weight excluding hydrogens is 350 g/mol. The van der Waals surface area contributed by atoms with Gasteiger partial charge in [-0.25, -0.2) is 4.79 Å². The largest absolute Gasteiger partial charge is 0.508 e. The molecule has 0 spiro atoms. The summed E-state index contributed by atoms with van der Waals surface area (Å²) in [5, 5.41) is 9.48. The number of carbonyl (C=O) groups is 4. The second kappa shape index (κ2) is 9.12. The Morgan fingerprint density at radius 1 is 1.04 bits per heavy atom. The lowest BCUT2D eigenvalue weighted by molar-refractivity contribution is -0.137. The molecule has 0 saturated carbocycles. The maximum atomic E-state index is 11.9. The van der Waals surface area contributed by atoms with E-state index in [1.807, 2.05) is 0 Å². The van der Waals surface area contributed by atoms with Crippen LogP contribution in [0, 0.1) is 0 Å². The van der Waals surface area contributed by atoms with E-state index in [1.54, 1.807) is 13.8 Å². The Morgan fingerprint density at radius 2 is 1.67 bits per heavy atom. The van der Waals surface area contributed by atoms with Gasteiger partial charge >= 0.3 is 5.97 Å². The van der Waals surface area contributed by atoms with Crippen LogP contribution in [0.2, 0.25) is 0 Å². The number of hydrogen-bond donors (Lipinski definition) is 1. The highest BCUT2D eigenvalue weighted by Crippen LogP contribution is 2.20. The minimum atomic E-state index is -0.598. The lowest BCUT2D eigenvalue weighted by Crippen LogP contribution is -2.32. The minimum absolute atomic E-state index is 0.126. The van der Waals surface area contributed by atoms with E-state index in [9.17, 15) is 24.3 Å². The Morgan fingerprint density at radius 3 is 2.30 bits per heavy atom. The standard InChI is InChI=1S/C20H23NO6/c1-13-14(2)19(25)21(18(13)24)7-5-3-4-6-8-27-20(26)16-9-15(12-22)10-17(23)11-16/h9-12,23H,3-8H2,1-2H3. The van der Waals surface area contributed by atoms with Crippen molar-refractivity contribution in [3.63, 3.8) is 0 Å². The van der Waals surface area contributed by atoms with E-state index in [1.165, 1.54) is 23.1 Å². The molecule has 0 bridgehead atoms. The fourth-order valence-corrected chi connectivity index (χ4v) is 2.82. The van der Waals surface area contributed by atoms with Crippen LogP contribution < -0.4 is 0 Å². The van der Waals surface area contributed by atoms with E-state index in [4.69, 9.17) is 4.74 Å². The van der Waals surface area contributed by atoms with E-state index in [0.29, 0.717) is 36.8 Å². The number of benzene rings is 1. The molecule has 1 N–H and O–H groups in total. The van der Waals surface area contributed by atoms with Gasteiger partial charge in [0.25, 0.3) is 11.8 Å². The Hall–Kier alpha value is -2.96. The number of amides is 2. The van der Waals surface area contributed by atoms with Gasteiger partial charge in [-0.05, 0) is 51.3 Å². The molecule has 0 unspecified atom stereocenters. The van der Waals surface area contributed by atoms with Crippen LogP contribution >= 0.6 is 0 Å². The maximum Gasteiger partial charge on any atom is 0.338 e. The molecule has 1 heterocycles. The highest BCUT2D eigenvalue weighted by atomic mass is 16.5. The van der Waals surface area contributed by atoms with Crippen molar-refractivity contribution in [1.29, 1.82) is 0 Å². The van der Waals surface area contributed by atoms with Crippen LogP contribution in [0.5, 0.6) is 5.75 Å². The SMILES string of the molecule is CC1=C(C)C(=O)N(CCCCCCOC(=O)c2cc(O)cc(C=O)c2)C1=O. The molecule has 2 amide bonds. The molecular formula is C20H23NO6. The maximum absolute atomic E-state index is 11.9. The van der Waals surface area contributed by atoms with Crippen molar-refractivity contribution in [1.82, 2.24) is 4.90 Å². The zero-order valence-electron chi connectivity index (χ0n) is 15.5. The van der Waals surface area contributed by atoms with Gasteiger partial charge in [0.2, 0.25) is 0 Å². The number of hydrogen-bond acceptors (Lipinski definition) is 6. The van der Waals surface area contributed by atoms with Crippen molar-refractivity contribution < 1.29 is 29.0 Å². The molecule has 2 rings (SSSR count). The average molecular weight is 373 g/mol. The lowest BCUT2D eigenvalue weighted by Gasteiger charge is -2.14. The first-order chi connectivity index (χ1) is 12.8. The van der Waals surface area contributed by atoms with Crippen LogP contribution in [0.3, 0.4) is 0 Å². The normalized spacial score (nSPS) is 14.1. The molecule has 1 aromatic carbocycles. The quantitative estimate of drug-likeness (QED) is 0.309. The van der Waals surface area contributed by atoms with Gasteiger partial charge in [0.05, 0.1) is 12.2 Å². The highest BCUT2D eigenvalue weighted by Gasteiger charge is 2.32. The molecule has 0 fully saturated rings. The number of phenols is 1. The van der Waals surface area contributed by atoms with Gasteiger partial charge in [-0.3, -0.25) is 19.3 Å². The molecule has 7 nitrogen and oxygen atoms in total. The number of aldehydes is 1. The summed E-state index contributed by atoms with van der Waals surface area (Å²) in [5.74, 6) is -1.20. The van der Waals surface area contributed by atoms with Gasteiger partial charge in [0.1, 0.15) is 12.0 Å². The summed E-state index contributed by atoms with van der Waals surface area (Å²) in [6, 6.07) is 3.87. The van der Waals surface area contributed by atoms with Crippen molar-refractivity contribution in [2.75, 3.05) is 13.2 Å². The smallest absolute Gasteiger partial charge is 0.338 e. The number of imide groups is 1. The Bertz CT molecular complexity index is 772. The number of nitrogens with zero attached hydrogens (tertiary/aromatic N) is 1. The van der Waals surface area contributed by atoms with Crippen LogP contribution in [0.25, 0.3) is 0 Å². The molecule has 0 atom stereocenters. The third kappa shape index (κ3) is 5.03. The summed E-state index contributed by atoms with van der Waals surface area (Å²) in [7, 11) is 0. The third-order valence-electron chi connectivity index (χ3n) is 4.52. The number of rotatable bonds is 9. The summed E-state index contributed by atoms with van der Waals surface area (Å²) in [6.45, 7) is 3.93. The Kier molecular flexibility index (Phi) is 6.87. The number of unbranched alkanes of at least 4 members (excludes halogenated alkanes) is 3. The van der Waals surface area contributed by atoms with E-state index in [-0.39, 0.29) is 35.3 Å². The van der Waals surface area contributed by atoms with Gasteiger partial charge in [0, 0.05) is 23.3 Å². The summed E-state index contributed by atoms with van der Waals surface area (Å²) in [6.07, 6.45) is 3.47. The first-order valence-corrected chi connectivity index (χ1v) is 8.85. The van der Waals surface area contributed by atoms with Gasteiger partial charge in [-0.2, -0.15) is 0 Å². The number of phenolic OH excluding ortho intramolecular Hbond substituents is 1. The molecule has 0 saturated heterocycles. The van der Waals surface area contributed by atoms with Gasteiger partial charge in [0.15, 0.2) is 0 Å². The molecule has 1 aliphatic rings. The fourth-order valence-electron chi connectivity index (χ4n) is 2.82. The molecule has 1 aliphatic heterocycles. The second-order valence-electron chi connectivity index (χ2n) is 6.49. The van der Waals surface area contributed by atoms with Crippen molar-refractivity contribution in [3.05, 3.63) is 40.5 Å².